The number of hydrogen-bond donors (Lipinski definition) is 3. The van der Waals surface area contributed by atoms with Crippen LogP contribution in [0.1, 0.15) is 20.3 Å². The number of carboxylic acids is 1. The molecule has 1 unspecified atom stereocenters. The number of aliphatic hydroxyl groups is 1. The van der Waals surface area contributed by atoms with Gasteiger partial charge in [-0.25, -0.2) is 0 Å². The maximum atomic E-state index is 11.0. The first kappa shape index (κ1) is 13.7. The molecule has 0 aliphatic rings. The molecule has 0 amide bonds. The fourth-order valence-corrected chi connectivity index (χ4v) is 1.99. The molecule has 0 saturated heterocycles. The van der Waals surface area contributed by atoms with Gasteiger partial charge in [-0.2, -0.15) is 11.8 Å². The second-order valence-corrected chi connectivity index (χ2v) is 4.48. The van der Waals surface area contributed by atoms with Crippen LogP contribution in [0.15, 0.2) is 0 Å². The van der Waals surface area contributed by atoms with Crippen LogP contribution in [0.3, 0.4) is 0 Å². The zero-order valence-electron chi connectivity index (χ0n) is 8.75. The van der Waals surface area contributed by atoms with Crippen LogP contribution in [0, 0.1) is 0 Å². The maximum absolute atomic E-state index is 11.0. The smallest absolute Gasteiger partial charge is 0.323 e. The molecule has 0 spiro atoms. The molecule has 0 aromatic heterocycles. The Hall–Kier alpha value is -0.260. The van der Waals surface area contributed by atoms with Crippen molar-refractivity contribution in [2.24, 2.45) is 0 Å². The van der Waals surface area contributed by atoms with Crippen LogP contribution < -0.4 is 5.32 Å². The van der Waals surface area contributed by atoms with Gasteiger partial charge in [0.2, 0.25) is 0 Å². The summed E-state index contributed by atoms with van der Waals surface area (Å²) < 4.78 is 0. The summed E-state index contributed by atoms with van der Waals surface area (Å²) in [5.41, 5.74) is -0.836. The molecule has 0 aromatic carbocycles. The number of likely N-dealkylation sites (N-methyl/N-ethyl adjacent to an activating group) is 1. The van der Waals surface area contributed by atoms with E-state index in [1.54, 1.807) is 18.7 Å². The largest absolute Gasteiger partial charge is 0.480 e. The van der Waals surface area contributed by atoms with Crippen LogP contribution in [0.2, 0.25) is 0 Å². The summed E-state index contributed by atoms with van der Waals surface area (Å²) in [5.74, 6) is 0.599. The van der Waals surface area contributed by atoms with Crippen molar-refractivity contribution >= 4 is 17.7 Å². The number of thioether (sulfide) groups is 1. The van der Waals surface area contributed by atoms with Crippen molar-refractivity contribution in [3.05, 3.63) is 0 Å². The molecule has 0 aliphatic carbocycles. The van der Waals surface area contributed by atoms with Crippen molar-refractivity contribution in [1.29, 1.82) is 0 Å². The quantitative estimate of drug-likeness (QED) is 0.522. The van der Waals surface area contributed by atoms with Gasteiger partial charge < -0.3 is 15.5 Å². The Labute approximate surface area is 89.1 Å². The third kappa shape index (κ3) is 4.83. The van der Waals surface area contributed by atoms with Gasteiger partial charge in [-0.15, -0.1) is 0 Å². The number of carboxylic acid groups (broad SMARTS) is 1. The van der Waals surface area contributed by atoms with E-state index in [1.165, 1.54) is 0 Å². The van der Waals surface area contributed by atoms with Gasteiger partial charge >= 0.3 is 5.97 Å². The van der Waals surface area contributed by atoms with Crippen LogP contribution in [0.5, 0.6) is 0 Å². The molecule has 0 heterocycles. The Morgan fingerprint density at radius 2 is 2.14 bits per heavy atom. The Morgan fingerprint density at radius 3 is 2.57 bits per heavy atom. The second-order valence-electron chi connectivity index (χ2n) is 3.25. The molecule has 0 saturated carbocycles. The lowest BCUT2D eigenvalue weighted by molar-refractivity contribution is -0.144. The third-order valence-corrected chi connectivity index (χ3v) is 2.99. The standard InChI is InChI=1S/C9H19NO3S/c1-3-10-9(2,8(12)13)4-6-14-7-5-11/h10-11H,3-7H2,1-2H3,(H,12,13). The lowest BCUT2D eigenvalue weighted by Crippen LogP contribution is -2.49. The van der Waals surface area contributed by atoms with Crippen molar-refractivity contribution < 1.29 is 15.0 Å². The zero-order valence-corrected chi connectivity index (χ0v) is 9.56. The monoisotopic (exact) mass is 221 g/mol. The molecule has 84 valence electrons. The highest BCUT2D eigenvalue weighted by molar-refractivity contribution is 7.99. The fraction of sp³-hybridized carbons (Fsp3) is 0.889. The molecule has 3 N–H and O–H groups in total. The van der Waals surface area contributed by atoms with Gasteiger partial charge in [0.1, 0.15) is 5.54 Å². The summed E-state index contributed by atoms with van der Waals surface area (Å²) in [7, 11) is 0. The molecule has 0 rings (SSSR count). The summed E-state index contributed by atoms with van der Waals surface area (Å²) >= 11 is 1.57. The van der Waals surface area contributed by atoms with Crippen LogP contribution in [0.4, 0.5) is 0 Å². The molecule has 1 atom stereocenters. The van der Waals surface area contributed by atoms with Crippen molar-refractivity contribution in [3.63, 3.8) is 0 Å². The molecule has 0 radical (unpaired) electrons. The average molecular weight is 221 g/mol. The fourth-order valence-electron chi connectivity index (χ4n) is 1.10. The Morgan fingerprint density at radius 1 is 1.50 bits per heavy atom. The Bertz CT molecular complexity index is 177. The number of nitrogens with one attached hydrogen (secondary N) is 1. The molecule has 0 aliphatic heterocycles. The van der Waals surface area contributed by atoms with E-state index in [0.717, 1.165) is 5.75 Å². The highest BCUT2D eigenvalue weighted by atomic mass is 32.2. The van der Waals surface area contributed by atoms with Crippen LogP contribution in [-0.4, -0.2) is 46.4 Å². The molecular formula is C9H19NO3S. The summed E-state index contributed by atoms with van der Waals surface area (Å²) in [6.07, 6.45) is 0.570. The first-order chi connectivity index (χ1) is 6.56. The number of carbonyl (C=O) groups is 1. The molecule has 5 heteroatoms. The van der Waals surface area contributed by atoms with E-state index in [0.29, 0.717) is 18.7 Å². The van der Waals surface area contributed by atoms with Crippen LogP contribution in [0.25, 0.3) is 0 Å². The SMILES string of the molecule is CCNC(C)(CCSCCO)C(=O)O. The highest BCUT2D eigenvalue weighted by Gasteiger charge is 2.31. The normalized spacial score (nSPS) is 15.1. The van der Waals surface area contributed by atoms with E-state index in [4.69, 9.17) is 10.2 Å². The summed E-state index contributed by atoms with van der Waals surface area (Å²) in [5, 5.41) is 20.5. The minimum atomic E-state index is -0.836. The molecule has 4 nitrogen and oxygen atoms in total. The lowest BCUT2D eigenvalue weighted by Gasteiger charge is -2.25. The summed E-state index contributed by atoms with van der Waals surface area (Å²) in [6.45, 7) is 4.38. The number of aliphatic carboxylic acids is 1. The number of rotatable bonds is 8. The predicted molar refractivity (Wildman–Crippen MR) is 58.7 cm³/mol. The van der Waals surface area contributed by atoms with Gasteiger partial charge in [0, 0.05) is 5.75 Å². The highest BCUT2D eigenvalue weighted by Crippen LogP contribution is 2.14. The van der Waals surface area contributed by atoms with E-state index in [2.05, 4.69) is 5.32 Å². The Balaban J connectivity index is 3.90. The molecule has 0 aromatic rings. The first-order valence-electron chi connectivity index (χ1n) is 4.74. The molecule has 0 fully saturated rings. The number of hydrogen-bond acceptors (Lipinski definition) is 4. The van der Waals surface area contributed by atoms with E-state index < -0.39 is 11.5 Å². The Kier molecular flexibility index (Phi) is 6.96. The van der Waals surface area contributed by atoms with Gasteiger partial charge in [0.05, 0.1) is 6.61 Å². The minimum Gasteiger partial charge on any atom is -0.480 e. The van der Waals surface area contributed by atoms with E-state index in [-0.39, 0.29) is 6.61 Å². The topological polar surface area (TPSA) is 69.6 Å². The van der Waals surface area contributed by atoms with Gasteiger partial charge in [-0.1, -0.05) is 6.92 Å². The zero-order chi connectivity index (χ0) is 11.0. The summed E-state index contributed by atoms with van der Waals surface area (Å²) in [6, 6.07) is 0. The van der Waals surface area contributed by atoms with Crippen molar-refractivity contribution in [3.8, 4) is 0 Å². The van der Waals surface area contributed by atoms with Crippen molar-refractivity contribution in [2.45, 2.75) is 25.8 Å². The lowest BCUT2D eigenvalue weighted by atomic mass is 9.99. The maximum Gasteiger partial charge on any atom is 0.323 e. The first-order valence-corrected chi connectivity index (χ1v) is 5.89. The molecule has 0 bridgehead atoms. The number of aliphatic hydroxyl groups excluding tert-OH is 1. The third-order valence-electron chi connectivity index (χ3n) is 2.02. The molecular weight excluding hydrogens is 202 g/mol. The van der Waals surface area contributed by atoms with Crippen LogP contribution >= 0.6 is 11.8 Å². The molecule has 14 heavy (non-hydrogen) atoms. The van der Waals surface area contributed by atoms with E-state index in [1.807, 2.05) is 6.92 Å². The van der Waals surface area contributed by atoms with Gasteiger partial charge in [0.15, 0.2) is 0 Å². The van der Waals surface area contributed by atoms with Crippen molar-refractivity contribution in [2.75, 3.05) is 24.7 Å². The average Bonchev–Trinajstić information content (AvgIpc) is 2.13. The summed E-state index contributed by atoms with van der Waals surface area (Å²) in [4.78, 5) is 11.0. The predicted octanol–water partition coefficient (Wildman–Crippen LogP) is 0.555. The van der Waals surface area contributed by atoms with Gasteiger partial charge in [-0.05, 0) is 25.6 Å². The van der Waals surface area contributed by atoms with E-state index in [9.17, 15) is 4.79 Å². The van der Waals surface area contributed by atoms with Crippen LogP contribution in [-0.2, 0) is 4.79 Å². The van der Waals surface area contributed by atoms with E-state index >= 15 is 0 Å². The van der Waals surface area contributed by atoms with Gasteiger partial charge in [0.25, 0.3) is 0 Å². The van der Waals surface area contributed by atoms with Crippen molar-refractivity contribution in [1.82, 2.24) is 5.32 Å². The second kappa shape index (κ2) is 7.09. The minimum absolute atomic E-state index is 0.148. The van der Waals surface area contributed by atoms with Gasteiger partial charge in [-0.3, -0.25) is 4.79 Å².